The highest BCUT2D eigenvalue weighted by atomic mass is 16.6. The summed E-state index contributed by atoms with van der Waals surface area (Å²) in [6.07, 6.45) is 4.38. The molecule has 3 heterocycles. The molecule has 9 heteroatoms. The molecular weight excluding hydrogens is 360 g/mol. The van der Waals surface area contributed by atoms with Gasteiger partial charge in [-0.3, -0.25) is 20.0 Å². The number of methoxy groups -OCH3 is 1. The van der Waals surface area contributed by atoms with Crippen molar-refractivity contribution in [2.75, 3.05) is 19.0 Å². The molecule has 154 valence electrons. The zero-order chi connectivity index (χ0) is 20.3. The number of H-pyrrole nitrogens is 1. The topological polar surface area (TPSA) is 97.3 Å². The number of amides is 1. The molecule has 0 aliphatic carbocycles. The van der Waals surface area contributed by atoms with Crippen LogP contribution in [0, 0.1) is 6.92 Å². The summed E-state index contributed by atoms with van der Waals surface area (Å²) in [7, 11) is 1.76. The first kappa shape index (κ1) is 20.3. The highest BCUT2D eigenvalue weighted by Gasteiger charge is 2.33. The van der Waals surface area contributed by atoms with E-state index in [1.54, 1.807) is 13.2 Å². The van der Waals surface area contributed by atoms with Gasteiger partial charge >= 0.3 is 6.09 Å². The first-order valence-corrected chi connectivity index (χ1v) is 9.52. The van der Waals surface area contributed by atoms with Crippen molar-refractivity contribution in [3.05, 3.63) is 29.7 Å². The summed E-state index contributed by atoms with van der Waals surface area (Å²) in [5.41, 5.74) is 1.73. The first-order valence-electron chi connectivity index (χ1n) is 9.52. The van der Waals surface area contributed by atoms with E-state index in [-0.39, 0.29) is 12.1 Å². The summed E-state index contributed by atoms with van der Waals surface area (Å²) in [5, 5.41) is 14.2. The van der Waals surface area contributed by atoms with E-state index in [2.05, 4.69) is 25.5 Å². The van der Waals surface area contributed by atoms with Gasteiger partial charge in [0.15, 0.2) is 5.82 Å². The number of carbonyl (C=O) groups excluding carboxylic acids is 1. The van der Waals surface area contributed by atoms with Gasteiger partial charge < -0.3 is 9.47 Å². The second kappa shape index (κ2) is 8.32. The SMILES string of the molecule is CO[C@H]1C[C@@H](Cn2ccc(NC(=O)OC(C)(C)C)n2)N(Cc2cn[nH]c2C)C1. The molecule has 3 rings (SSSR count). The number of aryl methyl sites for hydroxylation is 1. The molecule has 1 aliphatic heterocycles. The number of anilines is 1. The number of aromatic amines is 1. The highest BCUT2D eigenvalue weighted by Crippen LogP contribution is 2.24. The Morgan fingerprint density at radius 1 is 1.43 bits per heavy atom. The predicted octanol–water partition coefficient (Wildman–Crippen LogP) is 2.55. The van der Waals surface area contributed by atoms with Crippen molar-refractivity contribution in [2.24, 2.45) is 0 Å². The molecule has 0 spiro atoms. The average Bonchev–Trinajstić information content (AvgIpc) is 3.29. The summed E-state index contributed by atoms with van der Waals surface area (Å²) in [6, 6.07) is 2.06. The van der Waals surface area contributed by atoms with Crippen LogP contribution in [0.4, 0.5) is 10.6 Å². The second-order valence-electron chi connectivity index (χ2n) is 8.25. The molecular formula is C19H30N6O3. The maximum atomic E-state index is 11.9. The largest absolute Gasteiger partial charge is 0.444 e. The smallest absolute Gasteiger partial charge is 0.413 e. The number of carbonyl (C=O) groups is 1. The molecule has 1 saturated heterocycles. The van der Waals surface area contributed by atoms with Crippen LogP contribution in [-0.4, -0.2) is 62.4 Å². The maximum absolute atomic E-state index is 11.9. The van der Waals surface area contributed by atoms with Gasteiger partial charge in [0.2, 0.25) is 0 Å². The molecule has 0 unspecified atom stereocenters. The number of nitrogens with one attached hydrogen (secondary N) is 2. The van der Waals surface area contributed by atoms with Gasteiger partial charge in [-0.1, -0.05) is 0 Å². The zero-order valence-electron chi connectivity index (χ0n) is 17.2. The van der Waals surface area contributed by atoms with Crippen LogP contribution in [0.3, 0.4) is 0 Å². The van der Waals surface area contributed by atoms with Crippen LogP contribution >= 0.6 is 0 Å². The quantitative estimate of drug-likeness (QED) is 0.787. The summed E-state index contributed by atoms with van der Waals surface area (Å²) in [6.45, 7) is 9.92. The standard InChI is InChI=1S/C19H30N6O3/c1-13-14(9-20-22-13)10-24-12-16(27-5)8-15(24)11-25-7-6-17(23-25)21-18(26)28-19(2,3)4/h6-7,9,15-16H,8,10-12H2,1-5H3,(H,20,22)(H,21,23,26)/t15-,16-/m0/s1. The number of aromatic nitrogens is 4. The maximum Gasteiger partial charge on any atom is 0.413 e. The number of ether oxygens (including phenoxy) is 2. The van der Waals surface area contributed by atoms with Crippen LogP contribution in [0.1, 0.15) is 38.4 Å². The fourth-order valence-electron chi connectivity index (χ4n) is 3.40. The predicted molar refractivity (Wildman–Crippen MR) is 105 cm³/mol. The van der Waals surface area contributed by atoms with Crippen molar-refractivity contribution in [1.82, 2.24) is 24.9 Å². The fourth-order valence-corrected chi connectivity index (χ4v) is 3.40. The van der Waals surface area contributed by atoms with Crippen LogP contribution < -0.4 is 5.32 Å². The number of rotatable bonds is 6. The Bertz CT molecular complexity index is 794. The van der Waals surface area contributed by atoms with Gasteiger partial charge in [-0.2, -0.15) is 10.2 Å². The van der Waals surface area contributed by atoms with Gasteiger partial charge in [0.25, 0.3) is 0 Å². The Balaban J connectivity index is 1.62. The Kier molecular flexibility index (Phi) is 6.04. The zero-order valence-corrected chi connectivity index (χ0v) is 17.2. The van der Waals surface area contributed by atoms with E-state index >= 15 is 0 Å². The van der Waals surface area contributed by atoms with Gasteiger partial charge in [-0.25, -0.2) is 4.79 Å². The normalized spacial score (nSPS) is 20.5. The highest BCUT2D eigenvalue weighted by molar-refractivity contribution is 5.83. The summed E-state index contributed by atoms with van der Waals surface area (Å²) >= 11 is 0. The lowest BCUT2D eigenvalue weighted by atomic mass is 10.2. The third-order valence-corrected chi connectivity index (χ3v) is 4.80. The van der Waals surface area contributed by atoms with Crippen molar-refractivity contribution in [2.45, 2.75) is 65.0 Å². The summed E-state index contributed by atoms with van der Waals surface area (Å²) in [5.74, 6) is 0.479. The van der Waals surface area contributed by atoms with Gasteiger partial charge in [-0.15, -0.1) is 0 Å². The summed E-state index contributed by atoms with van der Waals surface area (Å²) in [4.78, 5) is 14.3. The van der Waals surface area contributed by atoms with E-state index in [0.717, 1.165) is 25.2 Å². The molecule has 1 amide bonds. The van der Waals surface area contributed by atoms with Crippen molar-refractivity contribution in [3.63, 3.8) is 0 Å². The molecule has 1 fully saturated rings. The average molecular weight is 390 g/mol. The Hall–Kier alpha value is -2.39. The number of hydrogen-bond acceptors (Lipinski definition) is 6. The van der Waals surface area contributed by atoms with E-state index in [1.807, 2.05) is 44.8 Å². The Morgan fingerprint density at radius 3 is 2.86 bits per heavy atom. The Morgan fingerprint density at radius 2 is 2.21 bits per heavy atom. The van der Waals surface area contributed by atoms with Gasteiger partial charge in [0, 0.05) is 49.8 Å². The van der Waals surface area contributed by atoms with Crippen LogP contribution in [-0.2, 0) is 22.6 Å². The van der Waals surface area contributed by atoms with Gasteiger partial charge in [0.1, 0.15) is 5.60 Å². The molecule has 0 aromatic carbocycles. The number of nitrogens with zero attached hydrogens (tertiary/aromatic N) is 4. The van der Waals surface area contributed by atoms with Crippen molar-refractivity contribution in [3.8, 4) is 0 Å². The van der Waals surface area contributed by atoms with Crippen molar-refractivity contribution in [1.29, 1.82) is 0 Å². The van der Waals surface area contributed by atoms with Crippen LogP contribution in [0.5, 0.6) is 0 Å². The van der Waals surface area contributed by atoms with Crippen LogP contribution in [0.25, 0.3) is 0 Å². The molecule has 28 heavy (non-hydrogen) atoms. The fraction of sp³-hybridized carbons (Fsp3) is 0.632. The van der Waals surface area contributed by atoms with E-state index in [0.29, 0.717) is 12.4 Å². The van der Waals surface area contributed by atoms with E-state index in [4.69, 9.17) is 9.47 Å². The molecule has 2 aromatic rings. The Labute approximate surface area is 165 Å². The lowest BCUT2D eigenvalue weighted by Crippen LogP contribution is -2.33. The molecule has 0 bridgehead atoms. The molecule has 2 aromatic heterocycles. The molecule has 0 radical (unpaired) electrons. The third-order valence-electron chi connectivity index (χ3n) is 4.80. The molecule has 2 N–H and O–H groups in total. The minimum absolute atomic E-state index is 0.201. The minimum atomic E-state index is -0.544. The molecule has 0 saturated carbocycles. The summed E-state index contributed by atoms with van der Waals surface area (Å²) < 4.78 is 12.7. The van der Waals surface area contributed by atoms with Crippen LogP contribution in [0.15, 0.2) is 18.5 Å². The van der Waals surface area contributed by atoms with Gasteiger partial charge in [-0.05, 0) is 34.1 Å². The molecule has 9 nitrogen and oxygen atoms in total. The first-order chi connectivity index (χ1) is 13.2. The van der Waals surface area contributed by atoms with Gasteiger partial charge in [0.05, 0.1) is 18.8 Å². The van der Waals surface area contributed by atoms with E-state index < -0.39 is 11.7 Å². The monoisotopic (exact) mass is 390 g/mol. The number of likely N-dealkylation sites (tertiary alicyclic amines) is 1. The van der Waals surface area contributed by atoms with E-state index in [1.165, 1.54) is 5.56 Å². The van der Waals surface area contributed by atoms with Crippen molar-refractivity contribution < 1.29 is 14.3 Å². The van der Waals surface area contributed by atoms with E-state index in [9.17, 15) is 4.79 Å². The number of hydrogen-bond donors (Lipinski definition) is 2. The molecule has 2 atom stereocenters. The lowest BCUT2D eigenvalue weighted by molar-refractivity contribution is 0.0635. The van der Waals surface area contributed by atoms with Crippen LogP contribution in [0.2, 0.25) is 0 Å². The third kappa shape index (κ3) is 5.32. The second-order valence-corrected chi connectivity index (χ2v) is 8.25. The lowest BCUT2D eigenvalue weighted by Gasteiger charge is -2.23. The minimum Gasteiger partial charge on any atom is -0.444 e. The van der Waals surface area contributed by atoms with Crippen molar-refractivity contribution >= 4 is 11.9 Å². The molecule has 1 aliphatic rings.